The molecule has 4 aliphatic rings. The van der Waals surface area contributed by atoms with Gasteiger partial charge in [0.2, 0.25) is 20.0 Å². The van der Waals surface area contributed by atoms with E-state index >= 15 is 0 Å². The van der Waals surface area contributed by atoms with Crippen LogP contribution in [0.2, 0.25) is 5.02 Å². The number of hydrogen-bond acceptors (Lipinski definition) is 3. The molecule has 4 aliphatic heterocycles. The fraction of sp³-hybridized carbons (Fsp3) is 0.500. The van der Waals surface area contributed by atoms with Crippen molar-refractivity contribution in [1.29, 1.82) is 0 Å². The summed E-state index contributed by atoms with van der Waals surface area (Å²) in [5, 5.41) is 3.39. The molecule has 5 N–H and O–H groups in total. The molecule has 1 aromatic rings. The smallest absolute Gasteiger partial charge is 0.316 e. The van der Waals surface area contributed by atoms with Gasteiger partial charge in [0, 0.05) is 5.02 Å². The summed E-state index contributed by atoms with van der Waals surface area (Å²) in [6.07, 6.45) is 0. The van der Waals surface area contributed by atoms with Crippen molar-refractivity contribution in [2.75, 3.05) is 39.6 Å². The van der Waals surface area contributed by atoms with Gasteiger partial charge in [0.25, 0.3) is 10.0 Å². The Bertz CT molecular complexity index is 732. The molecule has 130 valence electrons. The number of nitrogens with one attached hydrogen (secondary N) is 5. The van der Waals surface area contributed by atoms with Crippen LogP contribution in [-0.4, -0.2) is 59.6 Å². The molecule has 0 unspecified atom stereocenters. The van der Waals surface area contributed by atoms with E-state index in [0.717, 1.165) is 39.6 Å². The number of amides is 2. The highest BCUT2D eigenvalue weighted by molar-refractivity contribution is 7.90. The molecule has 4 bridgehead atoms. The molecule has 1 aromatic carbocycles. The van der Waals surface area contributed by atoms with Crippen molar-refractivity contribution in [3.63, 3.8) is 0 Å². The zero-order valence-corrected chi connectivity index (χ0v) is 14.6. The second-order valence-electron chi connectivity index (χ2n) is 7.10. The normalized spacial score (nSPS) is 34.1. The molecule has 4 fully saturated rings. The number of quaternary nitrogens is 3. The monoisotopic (exact) mass is 374 g/mol. The number of urea groups is 1. The highest BCUT2D eigenvalue weighted by Gasteiger charge is 2.58. The van der Waals surface area contributed by atoms with Gasteiger partial charge in [0.05, 0.1) is 4.90 Å². The van der Waals surface area contributed by atoms with Gasteiger partial charge in [-0.05, 0) is 24.3 Å². The van der Waals surface area contributed by atoms with Crippen molar-refractivity contribution in [3.8, 4) is 0 Å². The van der Waals surface area contributed by atoms with Gasteiger partial charge in [0.15, 0.2) is 5.54 Å². The SMILES string of the molecule is O=C(NC12C[NH+]3C[NH+](C[NH+](C3)C1)C2)NS(=O)(=O)c1ccc(Cl)cc1. The number of carbonyl (C=O) groups excluding carboxylic acids is 1. The van der Waals surface area contributed by atoms with Crippen LogP contribution >= 0.6 is 11.6 Å². The van der Waals surface area contributed by atoms with E-state index < -0.39 is 16.1 Å². The van der Waals surface area contributed by atoms with Crippen molar-refractivity contribution >= 4 is 27.7 Å². The van der Waals surface area contributed by atoms with Gasteiger partial charge in [-0.1, -0.05) is 11.6 Å². The van der Waals surface area contributed by atoms with Crippen LogP contribution < -0.4 is 24.7 Å². The van der Waals surface area contributed by atoms with Crippen molar-refractivity contribution < 1.29 is 27.9 Å². The molecule has 0 saturated carbocycles. The lowest BCUT2D eigenvalue weighted by Gasteiger charge is -2.52. The van der Waals surface area contributed by atoms with E-state index in [1.807, 2.05) is 0 Å². The second kappa shape index (κ2) is 5.57. The number of hydrogen-bond donors (Lipinski definition) is 5. The maximum atomic E-state index is 12.3. The summed E-state index contributed by atoms with van der Waals surface area (Å²) in [4.78, 5) is 16.7. The molecule has 5 rings (SSSR count). The minimum Gasteiger partial charge on any atom is -0.316 e. The third kappa shape index (κ3) is 2.98. The van der Waals surface area contributed by atoms with Crippen LogP contribution in [0.25, 0.3) is 0 Å². The minimum absolute atomic E-state index is 0.0192. The Morgan fingerprint density at radius 3 is 2.00 bits per heavy atom. The Morgan fingerprint density at radius 1 is 1.00 bits per heavy atom. The van der Waals surface area contributed by atoms with Crippen LogP contribution in [0, 0.1) is 0 Å². The van der Waals surface area contributed by atoms with E-state index in [2.05, 4.69) is 10.0 Å². The summed E-state index contributed by atoms with van der Waals surface area (Å²) in [6.45, 7) is 5.81. The van der Waals surface area contributed by atoms with E-state index in [1.54, 1.807) is 0 Å². The minimum atomic E-state index is -3.90. The maximum Gasteiger partial charge on any atom is 0.329 e. The zero-order valence-electron chi connectivity index (χ0n) is 13.1. The van der Waals surface area contributed by atoms with E-state index in [0.29, 0.717) is 5.02 Å². The van der Waals surface area contributed by atoms with Gasteiger partial charge in [-0.25, -0.2) is 32.6 Å². The number of halogens is 1. The summed E-state index contributed by atoms with van der Waals surface area (Å²) in [6, 6.07) is 5.07. The van der Waals surface area contributed by atoms with Crippen molar-refractivity contribution in [3.05, 3.63) is 29.3 Å². The number of benzene rings is 1. The predicted molar refractivity (Wildman–Crippen MR) is 85.1 cm³/mol. The Kier molecular flexibility index (Phi) is 3.73. The van der Waals surface area contributed by atoms with E-state index in [-0.39, 0.29) is 10.4 Å². The van der Waals surface area contributed by atoms with Crippen LogP contribution in [0.15, 0.2) is 29.2 Å². The lowest BCUT2D eigenvalue weighted by molar-refractivity contribution is -1.29. The summed E-state index contributed by atoms with van der Waals surface area (Å²) in [7, 11) is -3.90. The second-order valence-corrected chi connectivity index (χ2v) is 9.22. The molecule has 0 aliphatic carbocycles. The summed E-state index contributed by atoms with van der Waals surface area (Å²) < 4.78 is 26.7. The molecule has 0 radical (unpaired) electrons. The summed E-state index contributed by atoms with van der Waals surface area (Å²) in [5.74, 6) is 0. The largest absolute Gasteiger partial charge is 0.329 e. The van der Waals surface area contributed by atoms with E-state index in [4.69, 9.17) is 11.6 Å². The number of sulfonamides is 1. The van der Waals surface area contributed by atoms with Crippen LogP contribution in [0.1, 0.15) is 0 Å². The average molecular weight is 375 g/mol. The fourth-order valence-electron chi connectivity index (χ4n) is 4.44. The topological polar surface area (TPSA) is 88.6 Å². The lowest BCUT2D eigenvalue weighted by atomic mass is 9.91. The molecule has 0 aromatic heterocycles. The van der Waals surface area contributed by atoms with Crippen molar-refractivity contribution in [2.45, 2.75) is 10.4 Å². The Morgan fingerprint density at radius 2 is 1.50 bits per heavy atom. The van der Waals surface area contributed by atoms with E-state index in [9.17, 15) is 13.2 Å². The van der Waals surface area contributed by atoms with Gasteiger partial charge >= 0.3 is 6.03 Å². The van der Waals surface area contributed by atoms with Gasteiger partial charge in [-0.2, -0.15) is 0 Å². The van der Waals surface area contributed by atoms with Crippen LogP contribution in [-0.2, 0) is 10.0 Å². The first-order valence-corrected chi connectivity index (χ1v) is 9.81. The quantitative estimate of drug-likeness (QED) is 0.370. The van der Waals surface area contributed by atoms with Gasteiger partial charge in [0.1, 0.15) is 19.6 Å². The van der Waals surface area contributed by atoms with E-state index in [1.165, 1.54) is 39.0 Å². The Labute approximate surface area is 145 Å². The summed E-state index contributed by atoms with van der Waals surface area (Å²) in [5.41, 5.74) is -0.325. The van der Waals surface area contributed by atoms with Gasteiger partial charge < -0.3 is 5.32 Å². The molecular weight excluding hydrogens is 354 g/mol. The molecule has 0 spiro atoms. The average Bonchev–Trinajstić information content (AvgIpc) is 2.44. The molecule has 24 heavy (non-hydrogen) atoms. The van der Waals surface area contributed by atoms with Crippen LogP contribution in [0.5, 0.6) is 0 Å². The molecular formula is C14H21ClN5O3S+3. The third-order valence-electron chi connectivity index (χ3n) is 4.99. The molecule has 4 heterocycles. The molecule has 2 amide bonds. The van der Waals surface area contributed by atoms with Crippen molar-refractivity contribution in [1.82, 2.24) is 10.0 Å². The predicted octanol–water partition coefficient (Wildman–Crippen LogP) is -4.37. The van der Waals surface area contributed by atoms with Crippen LogP contribution in [0.4, 0.5) is 4.79 Å². The third-order valence-corrected chi connectivity index (χ3v) is 6.59. The molecule has 8 nitrogen and oxygen atoms in total. The number of rotatable bonds is 3. The molecule has 10 heteroatoms. The summed E-state index contributed by atoms with van der Waals surface area (Å²) >= 11 is 5.77. The highest BCUT2D eigenvalue weighted by Crippen LogP contribution is 2.14. The van der Waals surface area contributed by atoms with Crippen molar-refractivity contribution in [2.24, 2.45) is 0 Å². The maximum absolute atomic E-state index is 12.3. The Balaban J connectivity index is 1.46. The standard InChI is InChI=1S/C14H18ClN5O3S/c15-11-1-3-12(4-2-11)24(22,23)17-13(21)16-14-5-18-8-19(6-14)10-20(7-14)9-18/h1-4H,5-10H2,(H2,16,17,21)/p+3. The first-order valence-electron chi connectivity index (χ1n) is 7.95. The van der Waals surface area contributed by atoms with Gasteiger partial charge in [-0.3, -0.25) is 0 Å². The lowest BCUT2D eigenvalue weighted by Crippen LogP contribution is -3.56. The first kappa shape index (κ1) is 16.1. The van der Waals surface area contributed by atoms with Gasteiger partial charge in [-0.15, -0.1) is 0 Å². The Hall–Kier alpha value is -1.39. The van der Waals surface area contributed by atoms with Crippen LogP contribution in [0.3, 0.4) is 0 Å². The fourth-order valence-corrected chi connectivity index (χ4v) is 5.47. The molecule has 0 atom stereocenters. The first-order chi connectivity index (χ1) is 11.3. The molecule has 4 saturated heterocycles. The highest BCUT2D eigenvalue weighted by atomic mass is 35.5. The number of carbonyl (C=O) groups is 1. The zero-order chi connectivity index (χ0) is 16.9.